The van der Waals surface area contributed by atoms with Gasteiger partial charge in [-0.1, -0.05) is 42.5 Å². The largest absolute Gasteiger partial charge is 0.416 e. The molecule has 1 aliphatic rings. The van der Waals surface area contributed by atoms with E-state index in [1.807, 2.05) is 37.2 Å². The van der Waals surface area contributed by atoms with Crippen molar-refractivity contribution in [3.05, 3.63) is 71.8 Å². The fourth-order valence-electron chi connectivity index (χ4n) is 4.46. The number of β-amino-alcohol motifs (C(OH)–C–C–N with tert-alkyl or cyclic N) is 1. The Hall–Kier alpha value is -2.90. The van der Waals surface area contributed by atoms with Gasteiger partial charge in [0.15, 0.2) is 0 Å². The molecule has 0 unspecified atom stereocenters. The molecule has 0 aromatic heterocycles. The zero-order chi connectivity index (χ0) is 23.0. The van der Waals surface area contributed by atoms with E-state index < -0.39 is 17.8 Å². The number of carbonyl (C=O) groups is 1. The second kappa shape index (κ2) is 8.56. The molecule has 1 heterocycles. The Balaban J connectivity index is 1.68. The number of aliphatic hydroxyl groups excluding tert-OH is 1. The summed E-state index contributed by atoms with van der Waals surface area (Å²) in [6.07, 6.45) is -4.33. The van der Waals surface area contributed by atoms with Gasteiger partial charge < -0.3 is 14.9 Å². The van der Waals surface area contributed by atoms with E-state index in [-0.39, 0.29) is 18.5 Å². The first kappa shape index (κ1) is 22.3. The standard InChI is InChI=1S/C25H25F3N2O2/c1-29(2)22-13-14-30(15-23(22)31)24(32)21-8-4-6-19-18(5-3-7-20(19)21)16-9-11-17(12-10-16)25(26,27)28/h3-12,22-23,31H,13-15H2,1-2H3/t22-,23-/m0/s1. The lowest BCUT2D eigenvalue weighted by atomic mass is 9.94. The van der Waals surface area contributed by atoms with Gasteiger partial charge in [-0.25, -0.2) is 0 Å². The minimum absolute atomic E-state index is 0.0119. The number of hydrogen-bond acceptors (Lipinski definition) is 3. The number of halogens is 3. The van der Waals surface area contributed by atoms with E-state index in [4.69, 9.17) is 0 Å². The Morgan fingerprint density at radius 3 is 2.28 bits per heavy atom. The molecule has 4 rings (SSSR count). The number of fused-ring (bicyclic) bond motifs is 1. The molecule has 1 N–H and O–H groups in total. The third kappa shape index (κ3) is 4.23. The molecule has 0 saturated carbocycles. The summed E-state index contributed by atoms with van der Waals surface area (Å²) in [6.45, 7) is 0.810. The number of likely N-dealkylation sites (N-methyl/N-ethyl adjacent to an activating group) is 1. The Kier molecular flexibility index (Phi) is 5.97. The Morgan fingerprint density at radius 2 is 1.66 bits per heavy atom. The predicted octanol–water partition coefficient (Wildman–Crippen LogP) is 4.66. The van der Waals surface area contributed by atoms with Gasteiger partial charge in [-0.05, 0) is 60.6 Å². The molecule has 3 aromatic rings. The predicted molar refractivity (Wildman–Crippen MR) is 118 cm³/mol. The molecule has 4 nitrogen and oxygen atoms in total. The average Bonchev–Trinajstić information content (AvgIpc) is 2.77. The highest BCUT2D eigenvalue weighted by Gasteiger charge is 2.32. The number of amides is 1. The van der Waals surface area contributed by atoms with Crippen molar-refractivity contribution in [1.29, 1.82) is 0 Å². The number of alkyl halides is 3. The molecule has 1 fully saturated rings. The second-order valence-electron chi connectivity index (χ2n) is 8.42. The first-order valence-corrected chi connectivity index (χ1v) is 10.5. The monoisotopic (exact) mass is 442 g/mol. The first-order valence-electron chi connectivity index (χ1n) is 10.5. The van der Waals surface area contributed by atoms with Crippen molar-refractivity contribution in [2.75, 3.05) is 27.2 Å². The topological polar surface area (TPSA) is 43.8 Å². The first-order chi connectivity index (χ1) is 15.2. The third-order valence-corrected chi connectivity index (χ3v) is 6.17. The van der Waals surface area contributed by atoms with Crippen molar-refractivity contribution < 1.29 is 23.1 Å². The summed E-state index contributed by atoms with van der Waals surface area (Å²) in [4.78, 5) is 17.0. The van der Waals surface area contributed by atoms with Crippen LogP contribution in [-0.4, -0.2) is 60.1 Å². The molecule has 7 heteroatoms. The number of aliphatic hydroxyl groups is 1. The number of carbonyl (C=O) groups excluding carboxylic acids is 1. The maximum Gasteiger partial charge on any atom is 0.416 e. The van der Waals surface area contributed by atoms with E-state index in [9.17, 15) is 23.1 Å². The normalized spacial score (nSPS) is 19.5. The zero-order valence-electron chi connectivity index (χ0n) is 17.9. The average molecular weight is 442 g/mol. The summed E-state index contributed by atoms with van der Waals surface area (Å²) in [6, 6.07) is 16.0. The molecule has 0 aliphatic carbocycles. The number of likely N-dealkylation sites (tertiary alicyclic amines) is 1. The summed E-state index contributed by atoms with van der Waals surface area (Å²) in [5.74, 6) is -0.156. The van der Waals surface area contributed by atoms with E-state index in [0.29, 0.717) is 24.1 Å². The van der Waals surface area contributed by atoms with Gasteiger partial charge in [0, 0.05) is 24.7 Å². The Bertz CT molecular complexity index is 1130. The van der Waals surface area contributed by atoms with Crippen LogP contribution in [0.3, 0.4) is 0 Å². The SMILES string of the molecule is CN(C)[C@H]1CCN(C(=O)c2cccc3c(-c4ccc(C(F)(F)F)cc4)cccc23)C[C@@H]1O. The van der Waals surface area contributed by atoms with E-state index >= 15 is 0 Å². The number of rotatable bonds is 3. The lowest BCUT2D eigenvalue weighted by Crippen LogP contribution is -2.53. The minimum atomic E-state index is -4.39. The van der Waals surface area contributed by atoms with E-state index in [0.717, 1.165) is 28.5 Å². The van der Waals surface area contributed by atoms with Crippen molar-refractivity contribution in [2.24, 2.45) is 0 Å². The van der Waals surface area contributed by atoms with Crippen molar-refractivity contribution in [1.82, 2.24) is 9.80 Å². The van der Waals surface area contributed by atoms with Gasteiger partial charge in [0.2, 0.25) is 0 Å². The Labute approximate surface area is 184 Å². The van der Waals surface area contributed by atoms with Crippen molar-refractivity contribution in [3.8, 4) is 11.1 Å². The molecule has 1 saturated heterocycles. The van der Waals surface area contributed by atoms with Crippen LogP contribution in [-0.2, 0) is 6.18 Å². The van der Waals surface area contributed by atoms with Crippen LogP contribution < -0.4 is 0 Å². The maximum absolute atomic E-state index is 13.3. The highest BCUT2D eigenvalue weighted by molar-refractivity contribution is 6.10. The quantitative estimate of drug-likeness (QED) is 0.642. The lowest BCUT2D eigenvalue weighted by molar-refractivity contribution is -0.137. The summed E-state index contributed by atoms with van der Waals surface area (Å²) < 4.78 is 38.8. The van der Waals surface area contributed by atoms with Crippen molar-refractivity contribution >= 4 is 16.7 Å². The van der Waals surface area contributed by atoms with Gasteiger partial charge in [-0.3, -0.25) is 4.79 Å². The van der Waals surface area contributed by atoms with Crippen molar-refractivity contribution in [3.63, 3.8) is 0 Å². The van der Waals surface area contributed by atoms with Gasteiger partial charge in [0.25, 0.3) is 5.91 Å². The molecule has 0 radical (unpaired) electrons. The minimum Gasteiger partial charge on any atom is -0.390 e. The molecule has 3 aromatic carbocycles. The molecule has 32 heavy (non-hydrogen) atoms. The number of nitrogens with zero attached hydrogens (tertiary/aromatic N) is 2. The van der Waals surface area contributed by atoms with E-state index in [1.54, 1.807) is 23.1 Å². The fourth-order valence-corrected chi connectivity index (χ4v) is 4.46. The summed E-state index contributed by atoms with van der Waals surface area (Å²) in [7, 11) is 3.83. The maximum atomic E-state index is 13.3. The summed E-state index contributed by atoms with van der Waals surface area (Å²) >= 11 is 0. The lowest BCUT2D eigenvalue weighted by Gasteiger charge is -2.39. The number of benzene rings is 3. The van der Waals surface area contributed by atoms with Gasteiger partial charge in [0.05, 0.1) is 11.7 Å². The molecule has 2 atom stereocenters. The van der Waals surface area contributed by atoms with Gasteiger partial charge >= 0.3 is 6.18 Å². The Morgan fingerprint density at radius 1 is 1.00 bits per heavy atom. The number of hydrogen-bond donors (Lipinski definition) is 1. The molecular weight excluding hydrogens is 417 g/mol. The molecule has 168 valence electrons. The number of piperidine rings is 1. The smallest absolute Gasteiger partial charge is 0.390 e. The van der Waals surface area contributed by atoms with Crippen LogP contribution in [0.25, 0.3) is 21.9 Å². The molecule has 0 bridgehead atoms. The van der Waals surface area contributed by atoms with Crippen LogP contribution in [0, 0.1) is 0 Å². The molecule has 1 amide bonds. The van der Waals surface area contributed by atoms with E-state index in [2.05, 4.69) is 0 Å². The molecular formula is C25H25F3N2O2. The van der Waals surface area contributed by atoms with Gasteiger partial charge in [-0.2, -0.15) is 13.2 Å². The highest BCUT2D eigenvalue weighted by Crippen LogP contribution is 2.34. The van der Waals surface area contributed by atoms with Crippen LogP contribution in [0.1, 0.15) is 22.3 Å². The third-order valence-electron chi connectivity index (χ3n) is 6.17. The van der Waals surface area contributed by atoms with E-state index in [1.165, 1.54) is 12.1 Å². The zero-order valence-corrected chi connectivity index (χ0v) is 17.9. The summed E-state index contributed by atoms with van der Waals surface area (Å²) in [5, 5.41) is 12.0. The van der Waals surface area contributed by atoms with Crippen LogP contribution in [0.5, 0.6) is 0 Å². The van der Waals surface area contributed by atoms with Crippen LogP contribution >= 0.6 is 0 Å². The molecule has 0 spiro atoms. The fraction of sp³-hybridized carbons (Fsp3) is 0.320. The van der Waals surface area contributed by atoms with Crippen LogP contribution in [0.2, 0.25) is 0 Å². The van der Waals surface area contributed by atoms with Gasteiger partial charge in [-0.15, -0.1) is 0 Å². The molecule has 1 aliphatic heterocycles. The highest BCUT2D eigenvalue weighted by atomic mass is 19.4. The second-order valence-corrected chi connectivity index (χ2v) is 8.42. The van der Waals surface area contributed by atoms with Crippen LogP contribution in [0.4, 0.5) is 13.2 Å². The van der Waals surface area contributed by atoms with Crippen molar-refractivity contribution in [2.45, 2.75) is 24.7 Å². The summed E-state index contributed by atoms with van der Waals surface area (Å²) in [5.41, 5.74) is 1.23. The van der Waals surface area contributed by atoms with Gasteiger partial charge in [0.1, 0.15) is 0 Å². The van der Waals surface area contributed by atoms with Crippen LogP contribution in [0.15, 0.2) is 60.7 Å².